The molecule has 31 heavy (non-hydrogen) atoms. The van der Waals surface area contributed by atoms with Crippen molar-refractivity contribution in [3.05, 3.63) is 71.3 Å². The molecule has 0 bridgehead atoms. The molecule has 0 aliphatic heterocycles. The second-order valence-corrected chi connectivity index (χ2v) is 8.34. The van der Waals surface area contributed by atoms with E-state index in [0.29, 0.717) is 23.1 Å². The van der Waals surface area contributed by atoms with Crippen molar-refractivity contribution in [2.75, 3.05) is 0 Å². The minimum atomic E-state index is -4.80. The highest BCUT2D eigenvalue weighted by Crippen LogP contribution is 2.75. The van der Waals surface area contributed by atoms with E-state index >= 15 is 0 Å². The number of hydrogen-bond donors (Lipinski definition) is 1. The number of nitrogens with zero attached hydrogens (tertiary/aromatic N) is 1. The summed E-state index contributed by atoms with van der Waals surface area (Å²) in [7, 11) is 0. The maximum atomic E-state index is 13.0. The van der Waals surface area contributed by atoms with Crippen LogP contribution < -0.4 is 4.74 Å². The van der Waals surface area contributed by atoms with Crippen LogP contribution in [0.15, 0.2) is 65.7 Å². The van der Waals surface area contributed by atoms with Crippen molar-refractivity contribution < 1.29 is 27.8 Å². The molecule has 162 valence electrons. The summed E-state index contributed by atoms with van der Waals surface area (Å²) in [6, 6.07) is 17.2. The number of aliphatic carboxylic acids is 1. The van der Waals surface area contributed by atoms with Crippen LogP contribution in [0.4, 0.5) is 13.2 Å². The molecule has 2 aromatic rings. The third-order valence-electron chi connectivity index (χ3n) is 5.94. The number of nitriles is 1. The van der Waals surface area contributed by atoms with E-state index in [1.54, 1.807) is 42.5 Å². The summed E-state index contributed by atoms with van der Waals surface area (Å²) in [5, 5.41) is 18.6. The van der Waals surface area contributed by atoms with Gasteiger partial charge >= 0.3 is 12.1 Å². The fourth-order valence-corrected chi connectivity index (χ4v) is 4.45. The molecule has 1 aliphatic rings. The van der Waals surface area contributed by atoms with Gasteiger partial charge in [-0.15, -0.1) is 0 Å². The van der Waals surface area contributed by atoms with Crippen molar-refractivity contribution in [2.45, 2.75) is 25.9 Å². The number of rotatable bonds is 6. The Morgan fingerprint density at radius 3 is 2.35 bits per heavy atom. The van der Waals surface area contributed by atoms with Crippen LogP contribution in [0.1, 0.15) is 25.3 Å². The number of alkyl halides is 3. The van der Waals surface area contributed by atoms with Crippen LogP contribution in [0.2, 0.25) is 0 Å². The van der Waals surface area contributed by atoms with E-state index in [2.05, 4.69) is 0 Å². The molecule has 1 aliphatic carbocycles. The van der Waals surface area contributed by atoms with Crippen molar-refractivity contribution in [1.82, 2.24) is 0 Å². The molecule has 0 heterocycles. The largest absolute Gasteiger partial charge is 0.481 e. The molecule has 0 radical (unpaired) electrons. The molecule has 0 aromatic heterocycles. The summed E-state index contributed by atoms with van der Waals surface area (Å²) in [5.41, 5.74) is -2.58. The zero-order chi connectivity index (χ0) is 23.0. The second-order valence-electron chi connectivity index (χ2n) is 7.94. The van der Waals surface area contributed by atoms with Crippen LogP contribution in [0.3, 0.4) is 0 Å². The molecular formula is C23H19ClF3NO3. The first kappa shape index (κ1) is 22.7. The minimum absolute atomic E-state index is 0.338. The zero-order valence-corrected chi connectivity index (χ0v) is 17.4. The van der Waals surface area contributed by atoms with Crippen molar-refractivity contribution in [3.63, 3.8) is 0 Å². The van der Waals surface area contributed by atoms with Crippen molar-refractivity contribution in [3.8, 4) is 17.6 Å². The first-order chi connectivity index (χ1) is 14.5. The Balaban J connectivity index is 2.03. The molecule has 1 saturated carbocycles. The molecule has 1 fully saturated rings. The Morgan fingerprint density at radius 1 is 1.19 bits per heavy atom. The van der Waals surface area contributed by atoms with E-state index < -0.39 is 39.8 Å². The van der Waals surface area contributed by atoms with E-state index in [0.717, 1.165) is 0 Å². The zero-order valence-electron chi connectivity index (χ0n) is 16.7. The van der Waals surface area contributed by atoms with Gasteiger partial charge in [-0.3, -0.25) is 4.79 Å². The topological polar surface area (TPSA) is 70.3 Å². The van der Waals surface area contributed by atoms with Crippen molar-refractivity contribution in [1.29, 1.82) is 5.26 Å². The fourth-order valence-electron chi connectivity index (χ4n) is 4.32. The lowest BCUT2D eigenvalue weighted by molar-refractivity contribution is -0.145. The lowest BCUT2D eigenvalue weighted by Crippen LogP contribution is -2.29. The SMILES string of the molecule is CC1(C)C(C=C(Cl)C(F)(F)F)C1(C(=O)O)[C@@H](C#N)c1cccc(Oc2ccccc2)c1. The van der Waals surface area contributed by atoms with E-state index in [1.807, 2.05) is 12.1 Å². The van der Waals surface area contributed by atoms with Gasteiger partial charge in [-0.05, 0) is 35.2 Å². The Morgan fingerprint density at radius 2 is 1.81 bits per heavy atom. The normalized spacial score (nSPS) is 23.5. The second kappa shape index (κ2) is 7.93. The molecule has 1 N–H and O–H groups in total. The summed E-state index contributed by atoms with van der Waals surface area (Å²) in [5.74, 6) is -2.74. The van der Waals surface area contributed by atoms with Gasteiger partial charge in [-0.1, -0.05) is 61.9 Å². The number of carboxylic acids is 1. The van der Waals surface area contributed by atoms with E-state index in [9.17, 15) is 28.3 Å². The van der Waals surface area contributed by atoms with Crippen LogP contribution in [-0.2, 0) is 4.79 Å². The average molecular weight is 450 g/mol. The lowest BCUT2D eigenvalue weighted by atomic mass is 9.78. The number of halogens is 4. The van der Waals surface area contributed by atoms with E-state index in [4.69, 9.17) is 16.3 Å². The summed E-state index contributed by atoms with van der Waals surface area (Å²) >= 11 is 5.40. The highest BCUT2D eigenvalue weighted by Gasteiger charge is 2.78. The van der Waals surface area contributed by atoms with Crippen molar-refractivity contribution in [2.24, 2.45) is 16.7 Å². The number of carboxylic acid groups (broad SMARTS) is 1. The number of allylic oxidation sites excluding steroid dienone is 2. The molecule has 0 amide bonds. The number of carbonyl (C=O) groups is 1. The Bertz CT molecular complexity index is 1060. The van der Waals surface area contributed by atoms with Crippen LogP contribution in [0.5, 0.6) is 11.5 Å². The van der Waals surface area contributed by atoms with Gasteiger partial charge in [-0.25, -0.2) is 0 Å². The van der Waals surface area contributed by atoms with Gasteiger partial charge in [0, 0.05) is 5.92 Å². The van der Waals surface area contributed by atoms with Gasteiger partial charge in [0.15, 0.2) is 0 Å². The molecule has 2 unspecified atom stereocenters. The first-order valence-corrected chi connectivity index (χ1v) is 9.74. The number of para-hydroxylation sites is 1. The van der Waals surface area contributed by atoms with Crippen molar-refractivity contribution >= 4 is 17.6 Å². The molecule has 0 saturated heterocycles. The van der Waals surface area contributed by atoms with E-state index in [-0.39, 0.29) is 0 Å². The van der Waals surface area contributed by atoms with Gasteiger partial charge in [-0.2, -0.15) is 18.4 Å². The minimum Gasteiger partial charge on any atom is -0.481 e. The van der Waals surface area contributed by atoms with Gasteiger partial charge in [0.1, 0.15) is 21.9 Å². The number of hydrogen-bond acceptors (Lipinski definition) is 3. The Hall–Kier alpha value is -2.98. The number of ether oxygens (including phenoxy) is 1. The molecule has 3 rings (SSSR count). The van der Waals surface area contributed by atoms with Gasteiger partial charge in [0.05, 0.1) is 12.0 Å². The molecular weight excluding hydrogens is 431 g/mol. The summed E-state index contributed by atoms with van der Waals surface area (Å²) in [6.45, 7) is 3.05. The molecule has 4 nitrogen and oxygen atoms in total. The van der Waals surface area contributed by atoms with E-state index in [1.165, 1.54) is 19.9 Å². The van der Waals surface area contributed by atoms with Crippen LogP contribution in [0.25, 0.3) is 0 Å². The quantitative estimate of drug-likeness (QED) is 0.546. The fraction of sp³-hybridized carbons (Fsp3) is 0.304. The van der Waals surface area contributed by atoms with Gasteiger partial charge < -0.3 is 9.84 Å². The summed E-state index contributed by atoms with van der Waals surface area (Å²) in [6.07, 6.45) is -4.08. The standard InChI is InChI=1S/C23H19ClF3NO3/c1-21(2)18(12-19(24)23(25,26)27)22(21,20(29)30)17(13-28)14-7-6-10-16(11-14)31-15-8-4-3-5-9-15/h3-12,17-18H,1-2H3,(H,29,30)/t17-,18?,22?/m0/s1. The highest BCUT2D eigenvalue weighted by molar-refractivity contribution is 6.30. The Kier molecular flexibility index (Phi) is 5.81. The third kappa shape index (κ3) is 3.88. The smallest absolute Gasteiger partial charge is 0.426 e. The predicted octanol–water partition coefficient (Wildman–Crippen LogP) is 6.50. The highest BCUT2D eigenvalue weighted by atomic mass is 35.5. The maximum Gasteiger partial charge on any atom is 0.426 e. The summed E-state index contributed by atoms with van der Waals surface area (Å²) in [4.78, 5) is 12.4. The molecule has 2 aromatic carbocycles. The lowest BCUT2D eigenvalue weighted by Gasteiger charge is -2.22. The monoisotopic (exact) mass is 449 g/mol. The summed E-state index contributed by atoms with van der Waals surface area (Å²) < 4.78 is 44.7. The van der Waals surface area contributed by atoms with Crippen LogP contribution in [-0.4, -0.2) is 17.3 Å². The molecule has 0 spiro atoms. The first-order valence-electron chi connectivity index (χ1n) is 9.36. The average Bonchev–Trinajstić information content (AvgIpc) is 3.18. The Labute approximate surface area is 182 Å². The van der Waals surface area contributed by atoms with Gasteiger partial charge in [0.2, 0.25) is 0 Å². The third-order valence-corrected chi connectivity index (χ3v) is 6.28. The van der Waals surface area contributed by atoms with Gasteiger partial charge in [0.25, 0.3) is 0 Å². The van der Waals surface area contributed by atoms with Crippen LogP contribution >= 0.6 is 11.6 Å². The predicted molar refractivity (Wildman–Crippen MR) is 109 cm³/mol. The molecule has 8 heteroatoms. The molecule has 3 atom stereocenters. The maximum absolute atomic E-state index is 13.0. The van der Waals surface area contributed by atoms with Crippen LogP contribution in [0, 0.1) is 28.1 Å². The number of benzene rings is 2.